The largest absolute Gasteiger partial charge is 0.330 e. The van der Waals surface area contributed by atoms with Crippen molar-refractivity contribution in [2.24, 2.45) is 11.5 Å². The molecule has 0 aliphatic heterocycles. The summed E-state index contributed by atoms with van der Waals surface area (Å²) in [6.45, 7) is 3.08. The van der Waals surface area contributed by atoms with Gasteiger partial charge in [-0.2, -0.15) is 0 Å². The predicted octanol–water partition coefficient (Wildman–Crippen LogP) is 3.19. The van der Waals surface area contributed by atoms with Gasteiger partial charge in [0.2, 0.25) is 0 Å². The van der Waals surface area contributed by atoms with Crippen molar-refractivity contribution in [2.45, 2.75) is 77.2 Å². The molecule has 92 valence electrons. The highest BCUT2D eigenvalue weighted by Crippen LogP contribution is 2.10. The van der Waals surface area contributed by atoms with Gasteiger partial charge in [0.25, 0.3) is 0 Å². The first-order chi connectivity index (χ1) is 7.31. The van der Waals surface area contributed by atoms with Crippen molar-refractivity contribution in [1.29, 1.82) is 0 Å². The number of unbranched alkanes of at least 4 members (excludes halogenated alkanes) is 6. The standard InChI is InChI=1S/C13H30N2/c1-2-3-4-7-10-13(15)11-8-5-6-9-12-14/h13H,2-12,14-15H2,1H3. The summed E-state index contributed by atoms with van der Waals surface area (Å²) in [5, 5.41) is 0. The van der Waals surface area contributed by atoms with E-state index in [4.69, 9.17) is 11.5 Å². The van der Waals surface area contributed by atoms with E-state index >= 15 is 0 Å². The number of hydrogen-bond acceptors (Lipinski definition) is 2. The molecule has 1 atom stereocenters. The van der Waals surface area contributed by atoms with Crippen LogP contribution in [0.2, 0.25) is 0 Å². The van der Waals surface area contributed by atoms with E-state index in [1.807, 2.05) is 0 Å². The molecular formula is C13H30N2. The van der Waals surface area contributed by atoms with Gasteiger partial charge in [0.15, 0.2) is 0 Å². The molecule has 0 bridgehead atoms. The Morgan fingerprint density at radius 2 is 1.33 bits per heavy atom. The molecule has 0 aliphatic rings. The molecule has 2 nitrogen and oxygen atoms in total. The fourth-order valence-corrected chi connectivity index (χ4v) is 1.88. The molecule has 2 heteroatoms. The van der Waals surface area contributed by atoms with Crippen molar-refractivity contribution in [3.05, 3.63) is 0 Å². The minimum Gasteiger partial charge on any atom is -0.330 e. The third-order valence-electron chi connectivity index (χ3n) is 2.96. The Balaban J connectivity index is 3.08. The SMILES string of the molecule is CCCCCCC(N)CCCCCCN. The summed E-state index contributed by atoms with van der Waals surface area (Å²) in [4.78, 5) is 0. The molecule has 0 aromatic heterocycles. The molecule has 0 aromatic carbocycles. The molecule has 0 radical (unpaired) electrons. The van der Waals surface area contributed by atoms with Crippen molar-refractivity contribution < 1.29 is 0 Å². The van der Waals surface area contributed by atoms with Gasteiger partial charge in [0.05, 0.1) is 0 Å². The molecular weight excluding hydrogens is 184 g/mol. The number of nitrogens with two attached hydrogens (primary N) is 2. The van der Waals surface area contributed by atoms with E-state index in [0.717, 1.165) is 6.54 Å². The summed E-state index contributed by atoms with van der Waals surface area (Å²) in [5.74, 6) is 0. The van der Waals surface area contributed by atoms with Gasteiger partial charge in [0.1, 0.15) is 0 Å². The molecule has 15 heavy (non-hydrogen) atoms. The molecule has 0 saturated carbocycles. The first-order valence-electron chi connectivity index (χ1n) is 6.77. The van der Waals surface area contributed by atoms with Crippen LogP contribution in [-0.4, -0.2) is 12.6 Å². The van der Waals surface area contributed by atoms with Crippen molar-refractivity contribution in [2.75, 3.05) is 6.54 Å². The summed E-state index contributed by atoms with van der Waals surface area (Å²) in [6, 6.07) is 0.444. The molecule has 0 rings (SSSR count). The molecule has 0 aromatic rings. The van der Waals surface area contributed by atoms with Gasteiger partial charge in [-0.3, -0.25) is 0 Å². The lowest BCUT2D eigenvalue weighted by Crippen LogP contribution is -2.19. The maximum atomic E-state index is 6.05. The van der Waals surface area contributed by atoms with Crippen LogP contribution in [0.15, 0.2) is 0 Å². The van der Waals surface area contributed by atoms with E-state index in [1.165, 1.54) is 64.2 Å². The smallest absolute Gasteiger partial charge is 0.00388 e. The highest BCUT2D eigenvalue weighted by molar-refractivity contribution is 4.61. The van der Waals surface area contributed by atoms with Crippen LogP contribution in [0.4, 0.5) is 0 Å². The van der Waals surface area contributed by atoms with Crippen molar-refractivity contribution >= 4 is 0 Å². The third-order valence-corrected chi connectivity index (χ3v) is 2.96. The lowest BCUT2D eigenvalue weighted by Gasteiger charge is -2.10. The molecule has 0 spiro atoms. The Morgan fingerprint density at radius 3 is 1.87 bits per heavy atom. The topological polar surface area (TPSA) is 52.0 Å². The Labute approximate surface area is 95.8 Å². The van der Waals surface area contributed by atoms with Crippen LogP contribution in [0.3, 0.4) is 0 Å². The Bertz CT molecular complexity index is 115. The zero-order valence-electron chi connectivity index (χ0n) is 10.5. The van der Waals surface area contributed by atoms with Gasteiger partial charge in [-0.05, 0) is 25.8 Å². The van der Waals surface area contributed by atoms with E-state index in [1.54, 1.807) is 0 Å². The summed E-state index contributed by atoms with van der Waals surface area (Å²) >= 11 is 0. The summed E-state index contributed by atoms with van der Waals surface area (Å²) in [5.41, 5.74) is 11.5. The average molecular weight is 214 g/mol. The minimum atomic E-state index is 0.444. The van der Waals surface area contributed by atoms with E-state index in [0.29, 0.717) is 6.04 Å². The van der Waals surface area contributed by atoms with Crippen molar-refractivity contribution in [3.63, 3.8) is 0 Å². The van der Waals surface area contributed by atoms with Crippen molar-refractivity contribution in [1.82, 2.24) is 0 Å². The maximum absolute atomic E-state index is 6.05. The van der Waals surface area contributed by atoms with Crippen LogP contribution in [0.25, 0.3) is 0 Å². The van der Waals surface area contributed by atoms with Gasteiger partial charge in [-0.15, -0.1) is 0 Å². The zero-order valence-corrected chi connectivity index (χ0v) is 10.5. The Hall–Kier alpha value is -0.0800. The summed E-state index contributed by atoms with van der Waals surface area (Å²) in [7, 11) is 0. The van der Waals surface area contributed by atoms with E-state index in [9.17, 15) is 0 Å². The number of hydrogen-bond donors (Lipinski definition) is 2. The van der Waals surface area contributed by atoms with Crippen molar-refractivity contribution in [3.8, 4) is 0 Å². The predicted molar refractivity (Wildman–Crippen MR) is 68.9 cm³/mol. The normalized spacial score (nSPS) is 13.0. The first-order valence-corrected chi connectivity index (χ1v) is 6.77. The fraction of sp³-hybridized carbons (Fsp3) is 1.00. The zero-order chi connectivity index (χ0) is 11.4. The van der Waals surface area contributed by atoms with Crippen LogP contribution in [-0.2, 0) is 0 Å². The highest BCUT2D eigenvalue weighted by Gasteiger charge is 2.01. The van der Waals surface area contributed by atoms with Gasteiger partial charge in [-0.1, -0.05) is 51.9 Å². The summed E-state index contributed by atoms with van der Waals surface area (Å²) < 4.78 is 0. The Morgan fingerprint density at radius 1 is 0.800 bits per heavy atom. The third kappa shape index (κ3) is 11.8. The van der Waals surface area contributed by atoms with Crippen LogP contribution < -0.4 is 11.5 Å². The van der Waals surface area contributed by atoms with E-state index in [2.05, 4.69) is 6.92 Å². The van der Waals surface area contributed by atoms with Crippen LogP contribution in [0.1, 0.15) is 71.1 Å². The minimum absolute atomic E-state index is 0.444. The quantitative estimate of drug-likeness (QED) is 0.519. The average Bonchev–Trinajstić information content (AvgIpc) is 2.24. The van der Waals surface area contributed by atoms with Crippen LogP contribution in [0, 0.1) is 0 Å². The van der Waals surface area contributed by atoms with Crippen LogP contribution >= 0.6 is 0 Å². The maximum Gasteiger partial charge on any atom is 0.00388 e. The Kier molecular flexibility index (Phi) is 11.9. The highest BCUT2D eigenvalue weighted by atomic mass is 14.6. The molecule has 0 saturated heterocycles. The molecule has 1 unspecified atom stereocenters. The molecule has 0 heterocycles. The molecule has 0 fully saturated rings. The van der Waals surface area contributed by atoms with Gasteiger partial charge >= 0.3 is 0 Å². The second-order valence-electron chi connectivity index (χ2n) is 4.60. The summed E-state index contributed by atoms with van der Waals surface area (Å²) in [6.07, 6.45) is 12.8. The van der Waals surface area contributed by atoms with Gasteiger partial charge in [-0.25, -0.2) is 0 Å². The number of rotatable bonds is 11. The van der Waals surface area contributed by atoms with Crippen LogP contribution in [0.5, 0.6) is 0 Å². The first kappa shape index (κ1) is 14.9. The van der Waals surface area contributed by atoms with E-state index < -0.39 is 0 Å². The molecule has 4 N–H and O–H groups in total. The lowest BCUT2D eigenvalue weighted by atomic mass is 10.0. The van der Waals surface area contributed by atoms with E-state index in [-0.39, 0.29) is 0 Å². The second-order valence-corrected chi connectivity index (χ2v) is 4.60. The molecule has 0 amide bonds. The van der Waals surface area contributed by atoms with Gasteiger partial charge < -0.3 is 11.5 Å². The second kappa shape index (κ2) is 12.0. The van der Waals surface area contributed by atoms with Gasteiger partial charge in [0, 0.05) is 6.04 Å². The fourth-order valence-electron chi connectivity index (χ4n) is 1.88. The lowest BCUT2D eigenvalue weighted by molar-refractivity contribution is 0.491. The molecule has 0 aliphatic carbocycles. The monoisotopic (exact) mass is 214 g/mol.